The first-order valence-electron chi connectivity index (χ1n) is 3.15. The molecule has 0 radical (unpaired) electrons. The second kappa shape index (κ2) is 2.31. The second-order valence-electron chi connectivity index (χ2n) is 2.43. The molecule has 0 amide bonds. The van der Waals surface area contributed by atoms with E-state index in [1.165, 1.54) is 19.5 Å². The number of allylic oxidation sites excluding steroid dienone is 1. The highest BCUT2D eigenvalue weighted by Crippen LogP contribution is 2.11. The molecule has 0 aromatic heterocycles. The van der Waals surface area contributed by atoms with E-state index < -0.39 is 0 Å². The fourth-order valence-electron chi connectivity index (χ4n) is 1.07. The maximum atomic E-state index is 2.34. The summed E-state index contributed by atoms with van der Waals surface area (Å²) in [5.41, 5.74) is 1.59. The quantitative estimate of drug-likeness (QED) is 0.425. The van der Waals surface area contributed by atoms with Crippen molar-refractivity contribution in [2.24, 2.45) is 0 Å². The molecule has 0 saturated carbocycles. The van der Waals surface area contributed by atoms with E-state index in [9.17, 15) is 0 Å². The average Bonchev–Trinajstić information content (AvgIpc) is 2.14. The topological polar surface area (TPSA) is 3.24 Å². The zero-order valence-corrected chi connectivity index (χ0v) is 5.65. The average molecular weight is 111 g/mol. The van der Waals surface area contributed by atoms with Crippen molar-refractivity contribution in [2.45, 2.75) is 13.3 Å². The normalized spacial score (nSPS) is 27.5. The van der Waals surface area contributed by atoms with Gasteiger partial charge in [-0.2, -0.15) is 0 Å². The lowest BCUT2D eigenvalue weighted by atomic mass is 10.2. The SMILES string of the molecule is C/C=C1\CCN(C)C1. The van der Waals surface area contributed by atoms with Crippen molar-refractivity contribution in [3.05, 3.63) is 11.6 Å². The summed E-state index contributed by atoms with van der Waals surface area (Å²) < 4.78 is 0. The van der Waals surface area contributed by atoms with Gasteiger partial charge in [-0.05, 0) is 20.4 Å². The lowest BCUT2D eigenvalue weighted by Gasteiger charge is -2.01. The minimum atomic E-state index is 1.19. The Bertz CT molecular complexity index is 105. The first-order valence-corrected chi connectivity index (χ1v) is 3.15. The van der Waals surface area contributed by atoms with Gasteiger partial charge in [0.15, 0.2) is 0 Å². The van der Waals surface area contributed by atoms with Crippen LogP contribution in [0.3, 0.4) is 0 Å². The molecule has 0 unspecified atom stereocenters. The Morgan fingerprint density at radius 1 is 1.62 bits per heavy atom. The summed E-state index contributed by atoms with van der Waals surface area (Å²) in [6.07, 6.45) is 3.51. The van der Waals surface area contributed by atoms with Gasteiger partial charge in [0.1, 0.15) is 0 Å². The smallest absolute Gasteiger partial charge is 0.0190 e. The molecular formula is C7H13N. The lowest BCUT2D eigenvalue weighted by molar-refractivity contribution is 0.425. The van der Waals surface area contributed by atoms with Crippen LogP contribution in [0.15, 0.2) is 11.6 Å². The molecule has 1 heteroatoms. The van der Waals surface area contributed by atoms with Gasteiger partial charge in [-0.15, -0.1) is 0 Å². The van der Waals surface area contributed by atoms with E-state index >= 15 is 0 Å². The van der Waals surface area contributed by atoms with E-state index in [2.05, 4.69) is 24.9 Å². The molecule has 1 aliphatic rings. The first-order chi connectivity index (χ1) is 3.83. The van der Waals surface area contributed by atoms with Gasteiger partial charge in [0.2, 0.25) is 0 Å². The van der Waals surface area contributed by atoms with E-state index in [1.54, 1.807) is 5.57 Å². The molecule has 8 heavy (non-hydrogen) atoms. The van der Waals surface area contributed by atoms with Gasteiger partial charge in [-0.3, -0.25) is 0 Å². The third-order valence-corrected chi connectivity index (χ3v) is 1.70. The molecule has 1 heterocycles. The predicted molar refractivity (Wildman–Crippen MR) is 35.9 cm³/mol. The summed E-state index contributed by atoms with van der Waals surface area (Å²) >= 11 is 0. The molecule has 1 saturated heterocycles. The molecule has 1 fully saturated rings. The van der Waals surface area contributed by atoms with Gasteiger partial charge in [0.25, 0.3) is 0 Å². The maximum Gasteiger partial charge on any atom is 0.0190 e. The molecule has 0 atom stereocenters. The Morgan fingerprint density at radius 2 is 2.38 bits per heavy atom. The minimum Gasteiger partial charge on any atom is -0.302 e. The third-order valence-electron chi connectivity index (χ3n) is 1.70. The molecule has 0 spiro atoms. The number of rotatable bonds is 0. The molecule has 1 nitrogen and oxygen atoms in total. The van der Waals surface area contributed by atoms with Gasteiger partial charge < -0.3 is 4.90 Å². The van der Waals surface area contributed by atoms with E-state index in [-0.39, 0.29) is 0 Å². The van der Waals surface area contributed by atoms with Gasteiger partial charge in [-0.25, -0.2) is 0 Å². The van der Waals surface area contributed by atoms with Crippen molar-refractivity contribution in [1.29, 1.82) is 0 Å². The molecule has 0 aromatic rings. The van der Waals surface area contributed by atoms with Crippen molar-refractivity contribution in [3.8, 4) is 0 Å². The Kier molecular flexibility index (Phi) is 1.69. The summed E-state index contributed by atoms with van der Waals surface area (Å²) in [4.78, 5) is 2.34. The summed E-state index contributed by atoms with van der Waals surface area (Å²) in [5, 5.41) is 0. The number of hydrogen-bond donors (Lipinski definition) is 0. The predicted octanol–water partition coefficient (Wildman–Crippen LogP) is 1.27. The first kappa shape index (κ1) is 5.83. The molecule has 0 N–H and O–H groups in total. The highest BCUT2D eigenvalue weighted by atomic mass is 15.1. The molecule has 0 aliphatic carbocycles. The van der Waals surface area contributed by atoms with Gasteiger partial charge in [-0.1, -0.05) is 11.6 Å². The van der Waals surface area contributed by atoms with Crippen molar-refractivity contribution in [1.82, 2.24) is 4.90 Å². The number of likely N-dealkylation sites (tertiary alicyclic amines) is 1. The van der Waals surface area contributed by atoms with Crippen LogP contribution in [0.1, 0.15) is 13.3 Å². The minimum absolute atomic E-state index is 1.19. The van der Waals surface area contributed by atoms with Crippen LogP contribution < -0.4 is 0 Å². The fourth-order valence-corrected chi connectivity index (χ4v) is 1.07. The zero-order chi connectivity index (χ0) is 5.98. The van der Waals surface area contributed by atoms with Crippen LogP contribution in [0.25, 0.3) is 0 Å². The van der Waals surface area contributed by atoms with Crippen LogP contribution in [-0.2, 0) is 0 Å². The standard InChI is InChI=1S/C7H13N/c1-3-7-4-5-8(2)6-7/h3H,4-6H2,1-2H3/b7-3+. The largest absolute Gasteiger partial charge is 0.302 e. The van der Waals surface area contributed by atoms with Crippen LogP contribution in [0.2, 0.25) is 0 Å². The van der Waals surface area contributed by atoms with Gasteiger partial charge >= 0.3 is 0 Å². The Hall–Kier alpha value is -0.300. The summed E-state index contributed by atoms with van der Waals surface area (Å²) in [6.45, 7) is 4.56. The maximum absolute atomic E-state index is 2.34. The lowest BCUT2D eigenvalue weighted by Crippen LogP contribution is -2.11. The molecule has 46 valence electrons. The second-order valence-corrected chi connectivity index (χ2v) is 2.43. The number of hydrogen-bond acceptors (Lipinski definition) is 1. The van der Waals surface area contributed by atoms with Crippen LogP contribution >= 0.6 is 0 Å². The van der Waals surface area contributed by atoms with Crippen LogP contribution in [0.5, 0.6) is 0 Å². The van der Waals surface area contributed by atoms with E-state index in [1.807, 2.05) is 0 Å². The van der Waals surface area contributed by atoms with E-state index in [0.29, 0.717) is 0 Å². The van der Waals surface area contributed by atoms with E-state index in [4.69, 9.17) is 0 Å². The third kappa shape index (κ3) is 1.10. The monoisotopic (exact) mass is 111 g/mol. The van der Waals surface area contributed by atoms with Crippen LogP contribution in [-0.4, -0.2) is 25.0 Å². The van der Waals surface area contributed by atoms with Crippen molar-refractivity contribution in [3.63, 3.8) is 0 Å². The Morgan fingerprint density at radius 3 is 2.62 bits per heavy atom. The van der Waals surface area contributed by atoms with Crippen molar-refractivity contribution >= 4 is 0 Å². The highest BCUT2D eigenvalue weighted by Gasteiger charge is 2.09. The molecule has 0 bridgehead atoms. The van der Waals surface area contributed by atoms with Crippen LogP contribution in [0.4, 0.5) is 0 Å². The van der Waals surface area contributed by atoms with Gasteiger partial charge in [0, 0.05) is 13.1 Å². The molecule has 1 rings (SSSR count). The molecule has 1 aliphatic heterocycles. The summed E-state index contributed by atoms with van der Waals surface area (Å²) in [7, 11) is 2.16. The van der Waals surface area contributed by atoms with Crippen molar-refractivity contribution < 1.29 is 0 Å². The van der Waals surface area contributed by atoms with Gasteiger partial charge in [0.05, 0.1) is 0 Å². The van der Waals surface area contributed by atoms with Crippen molar-refractivity contribution in [2.75, 3.05) is 20.1 Å². The van der Waals surface area contributed by atoms with E-state index in [0.717, 1.165) is 0 Å². The zero-order valence-electron chi connectivity index (χ0n) is 5.65. The summed E-state index contributed by atoms with van der Waals surface area (Å²) in [5.74, 6) is 0. The highest BCUT2D eigenvalue weighted by molar-refractivity contribution is 5.07. The fraction of sp³-hybridized carbons (Fsp3) is 0.714. The molecule has 0 aromatic carbocycles. The number of likely N-dealkylation sites (N-methyl/N-ethyl adjacent to an activating group) is 1. The number of nitrogens with zero attached hydrogens (tertiary/aromatic N) is 1. The van der Waals surface area contributed by atoms with Crippen LogP contribution in [0, 0.1) is 0 Å². The Balaban J connectivity index is 2.44. The molecular weight excluding hydrogens is 98.1 g/mol. The Labute approximate surface area is 51.0 Å². The summed E-state index contributed by atoms with van der Waals surface area (Å²) in [6, 6.07) is 0.